The Balaban J connectivity index is 1.63. The van der Waals surface area contributed by atoms with Gasteiger partial charge in [0.15, 0.2) is 0 Å². The molecule has 0 unspecified atom stereocenters. The lowest BCUT2D eigenvalue weighted by Gasteiger charge is -2.27. The third-order valence-corrected chi connectivity index (χ3v) is 4.68. The highest BCUT2D eigenvalue weighted by atomic mass is 16.5. The van der Waals surface area contributed by atoms with Crippen LogP contribution in [0.25, 0.3) is 11.0 Å². The quantitative estimate of drug-likeness (QED) is 0.696. The van der Waals surface area contributed by atoms with Gasteiger partial charge in [-0.1, -0.05) is 18.2 Å². The second kappa shape index (κ2) is 7.40. The molecule has 3 heterocycles. The van der Waals surface area contributed by atoms with Crippen molar-refractivity contribution in [2.45, 2.75) is 13.8 Å². The Kier molecular flexibility index (Phi) is 4.79. The normalized spacial score (nSPS) is 14.3. The Morgan fingerprint density at radius 1 is 1.11 bits per heavy atom. The van der Waals surface area contributed by atoms with Crippen molar-refractivity contribution in [3.8, 4) is 0 Å². The van der Waals surface area contributed by atoms with E-state index in [0.717, 1.165) is 13.1 Å². The second-order valence-corrected chi connectivity index (χ2v) is 6.61. The number of anilines is 2. The topological polar surface area (TPSA) is 97.6 Å². The van der Waals surface area contributed by atoms with Crippen LogP contribution >= 0.6 is 0 Å². The van der Waals surface area contributed by atoms with E-state index in [4.69, 9.17) is 9.15 Å². The van der Waals surface area contributed by atoms with Gasteiger partial charge >= 0.3 is 5.63 Å². The fourth-order valence-corrected chi connectivity index (χ4v) is 3.19. The van der Waals surface area contributed by atoms with Gasteiger partial charge in [-0.2, -0.15) is 0 Å². The summed E-state index contributed by atoms with van der Waals surface area (Å²) in [4.78, 5) is 36.0. The largest absolute Gasteiger partial charge is 0.422 e. The van der Waals surface area contributed by atoms with E-state index in [1.165, 1.54) is 6.07 Å². The number of aryl methyl sites for hydroxylation is 2. The molecule has 0 aliphatic carbocycles. The van der Waals surface area contributed by atoms with Gasteiger partial charge in [-0.05, 0) is 26.0 Å². The lowest BCUT2D eigenvalue weighted by molar-refractivity contribution is 0.102. The van der Waals surface area contributed by atoms with Crippen LogP contribution in [0.5, 0.6) is 0 Å². The van der Waals surface area contributed by atoms with Gasteiger partial charge in [0.1, 0.15) is 11.1 Å². The van der Waals surface area contributed by atoms with Crippen molar-refractivity contribution in [2.24, 2.45) is 0 Å². The minimum absolute atomic E-state index is 0.0604. The van der Waals surface area contributed by atoms with Crippen molar-refractivity contribution in [3.05, 3.63) is 57.7 Å². The lowest BCUT2D eigenvalue weighted by atomic mass is 10.1. The number of nitrogens with zero attached hydrogens (tertiary/aromatic N) is 3. The van der Waals surface area contributed by atoms with Crippen LogP contribution in [0, 0.1) is 13.8 Å². The molecule has 1 N–H and O–H groups in total. The number of aromatic nitrogens is 2. The molecule has 1 aliphatic heterocycles. The van der Waals surface area contributed by atoms with Gasteiger partial charge in [0, 0.05) is 18.5 Å². The highest BCUT2D eigenvalue weighted by Crippen LogP contribution is 2.22. The van der Waals surface area contributed by atoms with E-state index in [2.05, 4.69) is 15.3 Å². The molecule has 0 radical (unpaired) electrons. The van der Waals surface area contributed by atoms with Crippen LogP contribution in [0.15, 0.2) is 39.5 Å². The van der Waals surface area contributed by atoms with Crippen molar-refractivity contribution in [1.82, 2.24) is 9.97 Å². The number of benzene rings is 1. The van der Waals surface area contributed by atoms with Gasteiger partial charge in [0.2, 0.25) is 5.95 Å². The Morgan fingerprint density at radius 2 is 1.79 bits per heavy atom. The Hall–Kier alpha value is -3.26. The van der Waals surface area contributed by atoms with Gasteiger partial charge in [-0.3, -0.25) is 4.79 Å². The third-order valence-electron chi connectivity index (χ3n) is 4.68. The third kappa shape index (κ3) is 3.46. The number of fused-ring (bicyclic) bond motifs is 1. The van der Waals surface area contributed by atoms with E-state index in [1.54, 1.807) is 32.0 Å². The zero-order valence-electron chi connectivity index (χ0n) is 15.7. The fourth-order valence-electron chi connectivity index (χ4n) is 3.19. The number of rotatable bonds is 3. The molecule has 4 rings (SSSR count). The van der Waals surface area contributed by atoms with Crippen molar-refractivity contribution in [3.63, 3.8) is 0 Å². The highest BCUT2D eigenvalue weighted by Gasteiger charge is 2.20. The van der Waals surface area contributed by atoms with Crippen LogP contribution in [0.4, 0.5) is 11.6 Å². The van der Waals surface area contributed by atoms with E-state index >= 15 is 0 Å². The smallest absolute Gasteiger partial charge is 0.349 e. The fraction of sp³-hybridized carbons (Fsp3) is 0.300. The molecule has 0 spiro atoms. The van der Waals surface area contributed by atoms with Crippen LogP contribution in [0.2, 0.25) is 0 Å². The summed E-state index contributed by atoms with van der Waals surface area (Å²) < 4.78 is 10.6. The first kappa shape index (κ1) is 18.1. The maximum absolute atomic E-state index is 12.7. The number of nitrogens with one attached hydrogen (secondary N) is 1. The van der Waals surface area contributed by atoms with E-state index in [1.807, 2.05) is 11.0 Å². The molecular weight excluding hydrogens is 360 g/mol. The number of carbonyl (C=O) groups excluding carboxylic acids is 1. The van der Waals surface area contributed by atoms with Gasteiger partial charge in [0.25, 0.3) is 5.91 Å². The average molecular weight is 380 g/mol. The molecule has 1 amide bonds. The SMILES string of the molecule is Cc1nc(N2CCOCC2)nc(C)c1NC(=O)c1cc2ccccc2oc1=O. The molecule has 0 atom stereocenters. The number of amides is 1. The zero-order chi connectivity index (χ0) is 19.7. The van der Waals surface area contributed by atoms with Gasteiger partial charge in [0.05, 0.1) is 30.3 Å². The van der Waals surface area contributed by atoms with Crippen molar-refractivity contribution in [1.29, 1.82) is 0 Å². The average Bonchev–Trinajstić information content (AvgIpc) is 2.70. The molecule has 144 valence electrons. The van der Waals surface area contributed by atoms with Crippen LogP contribution in [-0.2, 0) is 4.74 Å². The first-order chi connectivity index (χ1) is 13.5. The van der Waals surface area contributed by atoms with Gasteiger partial charge < -0.3 is 19.4 Å². The number of carbonyl (C=O) groups is 1. The van der Waals surface area contributed by atoms with Gasteiger partial charge in [-0.25, -0.2) is 14.8 Å². The number of morpholine rings is 1. The molecule has 0 bridgehead atoms. The molecule has 8 heteroatoms. The molecule has 8 nitrogen and oxygen atoms in total. The number of ether oxygens (including phenoxy) is 1. The number of hydrogen-bond donors (Lipinski definition) is 1. The summed E-state index contributed by atoms with van der Waals surface area (Å²) in [6.07, 6.45) is 0. The molecular formula is C20H20N4O4. The molecule has 1 aromatic carbocycles. The minimum Gasteiger partial charge on any atom is -0.422 e. The summed E-state index contributed by atoms with van der Waals surface area (Å²) in [6, 6.07) is 8.59. The number of hydrogen-bond acceptors (Lipinski definition) is 7. The maximum atomic E-state index is 12.7. The predicted octanol–water partition coefficient (Wildman–Crippen LogP) is 2.29. The molecule has 28 heavy (non-hydrogen) atoms. The molecule has 2 aromatic heterocycles. The molecule has 0 saturated carbocycles. The standard InChI is InChI=1S/C20H20N4O4/c1-12-17(13(2)22-20(21-12)24-7-9-27-10-8-24)23-18(25)15-11-14-5-3-4-6-16(14)28-19(15)26/h3-6,11H,7-10H2,1-2H3,(H,23,25). The van der Waals surface area contributed by atoms with Crippen LogP contribution in [-0.4, -0.2) is 42.2 Å². The summed E-state index contributed by atoms with van der Waals surface area (Å²) in [5.74, 6) is 0.0648. The Bertz CT molecular complexity index is 1080. The van der Waals surface area contributed by atoms with Crippen molar-refractivity contribution < 1.29 is 13.9 Å². The lowest BCUT2D eigenvalue weighted by Crippen LogP contribution is -2.37. The van der Waals surface area contributed by atoms with E-state index < -0.39 is 11.5 Å². The minimum atomic E-state index is -0.683. The number of para-hydroxylation sites is 1. The first-order valence-corrected chi connectivity index (χ1v) is 9.05. The van der Waals surface area contributed by atoms with Crippen molar-refractivity contribution >= 4 is 28.5 Å². The van der Waals surface area contributed by atoms with E-state index in [-0.39, 0.29) is 5.56 Å². The molecule has 1 aliphatic rings. The highest BCUT2D eigenvalue weighted by molar-refractivity contribution is 6.05. The van der Waals surface area contributed by atoms with E-state index in [0.29, 0.717) is 47.2 Å². The van der Waals surface area contributed by atoms with E-state index in [9.17, 15) is 9.59 Å². The van der Waals surface area contributed by atoms with Crippen LogP contribution in [0.1, 0.15) is 21.7 Å². The van der Waals surface area contributed by atoms with Gasteiger partial charge in [-0.15, -0.1) is 0 Å². The van der Waals surface area contributed by atoms with Crippen molar-refractivity contribution in [2.75, 3.05) is 36.5 Å². The summed E-state index contributed by atoms with van der Waals surface area (Å²) in [5, 5.41) is 3.44. The van der Waals surface area contributed by atoms with Crippen LogP contribution < -0.4 is 15.8 Å². The predicted molar refractivity (Wildman–Crippen MR) is 105 cm³/mol. The van der Waals surface area contributed by atoms with Crippen LogP contribution in [0.3, 0.4) is 0 Å². The summed E-state index contributed by atoms with van der Waals surface area (Å²) in [5.41, 5.74) is 1.45. The molecule has 1 fully saturated rings. The Labute approximate surface area is 161 Å². The maximum Gasteiger partial charge on any atom is 0.349 e. The monoisotopic (exact) mass is 380 g/mol. The molecule has 1 saturated heterocycles. The zero-order valence-corrected chi connectivity index (χ0v) is 15.7. The Morgan fingerprint density at radius 3 is 2.50 bits per heavy atom. The summed E-state index contributed by atoms with van der Waals surface area (Å²) >= 11 is 0. The molecule has 3 aromatic rings. The summed E-state index contributed by atoms with van der Waals surface area (Å²) in [7, 11) is 0. The second-order valence-electron chi connectivity index (χ2n) is 6.61. The summed E-state index contributed by atoms with van der Waals surface area (Å²) in [6.45, 7) is 6.33. The first-order valence-electron chi connectivity index (χ1n) is 9.05.